The molecule has 2 fully saturated rings. The third kappa shape index (κ3) is 7.98. The van der Waals surface area contributed by atoms with Crippen molar-refractivity contribution >= 4 is 0 Å². The fourth-order valence-corrected chi connectivity index (χ4v) is 6.02. The highest BCUT2D eigenvalue weighted by atomic mass is 15.2. The zero-order chi connectivity index (χ0) is 20.2. The summed E-state index contributed by atoms with van der Waals surface area (Å²) in [7, 11) is 0. The molecule has 4 atom stereocenters. The number of rotatable bonds is 15. The standard InChI is InChI=1S/C26H52N2/c1-5-23-19-27(20-24(23)6-2)17-15-13-11-9-10-12-14-16-18-28-21-25(7-3)26(8-4)22-28/h23-26H,5-22H2,1-4H3. The van der Waals surface area contributed by atoms with Gasteiger partial charge in [0.2, 0.25) is 0 Å². The van der Waals surface area contributed by atoms with Gasteiger partial charge in [0.05, 0.1) is 0 Å². The molecule has 2 rings (SSSR count). The van der Waals surface area contributed by atoms with Crippen LogP contribution in [0.15, 0.2) is 0 Å². The van der Waals surface area contributed by atoms with Gasteiger partial charge < -0.3 is 9.80 Å². The van der Waals surface area contributed by atoms with Crippen LogP contribution in [0.5, 0.6) is 0 Å². The van der Waals surface area contributed by atoms with E-state index in [4.69, 9.17) is 0 Å². The maximum atomic E-state index is 2.76. The van der Waals surface area contributed by atoms with Crippen LogP contribution < -0.4 is 0 Å². The molecule has 2 aliphatic heterocycles. The lowest BCUT2D eigenvalue weighted by atomic mass is 9.92. The Kier molecular flexibility index (Phi) is 12.1. The molecule has 166 valence electrons. The second kappa shape index (κ2) is 14.0. The van der Waals surface area contributed by atoms with Gasteiger partial charge in [0, 0.05) is 26.2 Å². The van der Waals surface area contributed by atoms with Gasteiger partial charge in [-0.3, -0.25) is 0 Å². The van der Waals surface area contributed by atoms with E-state index in [1.54, 1.807) is 0 Å². The lowest BCUT2D eigenvalue weighted by Crippen LogP contribution is -2.22. The van der Waals surface area contributed by atoms with Crippen LogP contribution in [0.1, 0.15) is 105 Å². The van der Waals surface area contributed by atoms with Gasteiger partial charge in [-0.1, -0.05) is 91.9 Å². The second-order valence-electron chi connectivity index (χ2n) is 10.0. The Morgan fingerprint density at radius 1 is 0.429 bits per heavy atom. The lowest BCUT2D eigenvalue weighted by molar-refractivity contribution is 0.307. The molecular formula is C26H52N2. The Morgan fingerprint density at radius 2 is 0.679 bits per heavy atom. The number of hydrogen-bond acceptors (Lipinski definition) is 2. The Labute approximate surface area is 177 Å². The van der Waals surface area contributed by atoms with Gasteiger partial charge in [0.15, 0.2) is 0 Å². The Bertz CT molecular complexity index is 323. The average Bonchev–Trinajstić information content (AvgIpc) is 3.32. The van der Waals surface area contributed by atoms with E-state index < -0.39 is 0 Å². The third-order valence-electron chi connectivity index (χ3n) is 8.10. The highest BCUT2D eigenvalue weighted by Gasteiger charge is 2.30. The summed E-state index contributed by atoms with van der Waals surface area (Å²) in [6.07, 6.45) is 17.1. The Morgan fingerprint density at radius 3 is 0.929 bits per heavy atom. The van der Waals surface area contributed by atoms with Crippen molar-refractivity contribution in [3.8, 4) is 0 Å². The lowest BCUT2D eigenvalue weighted by Gasteiger charge is -2.15. The monoisotopic (exact) mass is 392 g/mol. The van der Waals surface area contributed by atoms with Crippen molar-refractivity contribution in [1.82, 2.24) is 9.80 Å². The van der Waals surface area contributed by atoms with Crippen LogP contribution in [0.2, 0.25) is 0 Å². The summed E-state index contributed by atoms with van der Waals surface area (Å²) in [4.78, 5) is 5.51. The minimum Gasteiger partial charge on any atom is -0.303 e. The average molecular weight is 393 g/mol. The summed E-state index contributed by atoms with van der Waals surface area (Å²) in [6, 6.07) is 0. The van der Waals surface area contributed by atoms with E-state index in [9.17, 15) is 0 Å². The quantitative estimate of drug-likeness (QED) is 0.281. The molecule has 2 saturated heterocycles. The predicted molar refractivity (Wildman–Crippen MR) is 125 cm³/mol. The molecule has 28 heavy (non-hydrogen) atoms. The summed E-state index contributed by atoms with van der Waals surface area (Å²) in [6.45, 7) is 17.8. The van der Waals surface area contributed by atoms with E-state index in [2.05, 4.69) is 37.5 Å². The molecular weight excluding hydrogens is 340 g/mol. The molecule has 0 radical (unpaired) electrons. The SMILES string of the molecule is CCC1CN(CCCCCCCCCCN2CC(CC)C(CC)C2)CC1CC. The number of likely N-dealkylation sites (tertiary alicyclic amines) is 2. The zero-order valence-corrected chi connectivity index (χ0v) is 19.9. The van der Waals surface area contributed by atoms with Crippen molar-refractivity contribution < 1.29 is 0 Å². The molecule has 4 unspecified atom stereocenters. The first-order valence-electron chi connectivity index (χ1n) is 13.2. The minimum atomic E-state index is 0.978. The van der Waals surface area contributed by atoms with Gasteiger partial charge in [-0.25, -0.2) is 0 Å². The Hall–Kier alpha value is -0.0800. The molecule has 0 aromatic carbocycles. The summed E-state index contributed by atoms with van der Waals surface area (Å²) < 4.78 is 0. The summed E-state index contributed by atoms with van der Waals surface area (Å²) in [5.41, 5.74) is 0. The van der Waals surface area contributed by atoms with Crippen molar-refractivity contribution in [1.29, 1.82) is 0 Å². The van der Waals surface area contributed by atoms with Crippen LogP contribution >= 0.6 is 0 Å². The summed E-state index contributed by atoms with van der Waals surface area (Å²) in [5, 5.41) is 0. The van der Waals surface area contributed by atoms with Crippen LogP contribution in [-0.4, -0.2) is 49.1 Å². The fourth-order valence-electron chi connectivity index (χ4n) is 6.02. The van der Waals surface area contributed by atoms with E-state index in [-0.39, 0.29) is 0 Å². The highest BCUT2D eigenvalue weighted by Crippen LogP contribution is 2.29. The second-order valence-corrected chi connectivity index (χ2v) is 10.0. The van der Waals surface area contributed by atoms with Gasteiger partial charge in [-0.05, 0) is 49.6 Å². The Balaban J connectivity index is 1.38. The molecule has 0 amide bonds. The highest BCUT2D eigenvalue weighted by molar-refractivity contribution is 4.83. The fraction of sp³-hybridized carbons (Fsp3) is 1.00. The van der Waals surface area contributed by atoms with Crippen molar-refractivity contribution in [2.24, 2.45) is 23.7 Å². The van der Waals surface area contributed by atoms with Crippen LogP contribution in [-0.2, 0) is 0 Å². The smallest absolute Gasteiger partial charge is 0.00128 e. The van der Waals surface area contributed by atoms with Crippen LogP contribution in [0.25, 0.3) is 0 Å². The third-order valence-corrected chi connectivity index (χ3v) is 8.10. The van der Waals surface area contributed by atoms with Gasteiger partial charge in [0.1, 0.15) is 0 Å². The predicted octanol–water partition coefficient (Wildman–Crippen LogP) is 6.84. The molecule has 0 bridgehead atoms. The first-order valence-corrected chi connectivity index (χ1v) is 13.2. The van der Waals surface area contributed by atoms with Crippen LogP contribution in [0, 0.1) is 23.7 Å². The normalized spacial score (nSPS) is 29.1. The molecule has 2 heterocycles. The maximum Gasteiger partial charge on any atom is 0.00128 e. The molecule has 2 aliphatic rings. The molecule has 0 aromatic heterocycles. The zero-order valence-electron chi connectivity index (χ0n) is 19.9. The molecule has 0 N–H and O–H groups in total. The van der Waals surface area contributed by atoms with E-state index >= 15 is 0 Å². The van der Waals surface area contributed by atoms with E-state index in [0.29, 0.717) is 0 Å². The van der Waals surface area contributed by atoms with Crippen molar-refractivity contribution in [3.05, 3.63) is 0 Å². The summed E-state index contributed by atoms with van der Waals surface area (Å²) >= 11 is 0. The van der Waals surface area contributed by atoms with Crippen molar-refractivity contribution in [3.63, 3.8) is 0 Å². The van der Waals surface area contributed by atoms with Gasteiger partial charge in [-0.15, -0.1) is 0 Å². The number of nitrogens with zero attached hydrogens (tertiary/aromatic N) is 2. The molecule has 0 saturated carbocycles. The first kappa shape index (κ1) is 24.2. The van der Waals surface area contributed by atoms with Crippen LogP contribution in [0.4, 0.5) is 0 Å². The number of unbranched alkanes of at least 4 members (excludes halogenated alkanes) is 7. The van der Waals surface area contributed by atoms with Crippen molar-refractivity contribution in [2.75, 3.05) is 39.3 Å². The van der Waals surface area contributed by atoms with Crippen molar-refractivity contribution in [2.45, 2.75) is 105 Å². The van der Waals surface area contributed by atoms with E-state index in [1.165, 1.54) is 116 Å². The van der Waals surface area contributed by atoms with Gasteiger partial charge in [-0.2, -0.15) is 0 Å². The minimum absolute atomic E-state index is 0.978. The molecule has 0 aromatic rings. The topological polar surface area (TPSA) is 6.48 Å². The molecule has 2 nitrogen and oxygen atoms in total. The molecule has 0 spiro atoms. The molecule has 2 heteroatoms. The van der Waals surface area contributed by atoms with Gasteiger partial charge >= 0.3 is 0 Å². The van der Waals surface area contributed by atoms with Gasteiger partial charge in [0.25, 0.3) is 0 Å². The maximum absolute atomic E-state index is 2.76. The number of hydrogen-bond donors (Lipinski definition) is 0. The van der Waals surface area contributed by atoms with E-state index in [0.717, 1.165) is 23.7 Å². The van der Waals surface area contributed by atoms with E-state index in [1.807, 2.05) is 0 Å². The van der Waals surface area contributed by atoms with Crippen LogP contribution in [0.3, 0.4) is 0 Å². The largest absolute Gasteiger partial charge is 0.303 e. The summed E-state index contributed by atoms with van der Waals surface area (Å²) in [5.74, 6) is 3.91. The molecule has 0 aliphatic carbocycles. The first-order chi connectivity index (χ1) is 13.7.